The molecular weight excluding hydrogens is 648 g/mol. The fourth-order valence-corrected chi connectivity index (χ4v) is 5.51. The number of methoxy groups -OCH3 is 1. The Kier molecular flexibility index (Phi) is 11.2. The molecule has 10 heteroatoms. The van der Waals surface area contributed by atoms with Crippen molar-refractivity contribution in [2.24, 2.45) is 9.98 Å². The van der Waals surface area contributed by atoms with Crippen LogP contribution in [-0.2, 0) is 17.1 Å². The molecule has 0 saturated heterocycles. The van der Waals surface area contributed by atoms with Gasteiger partial charge in [0.15, 0.2) is 5.54 Å². The summed E-state index contributed by atoms with van der Waals surface area (Å²) in [6.45, 7) is 8.50. The van der Waals surface area contributed by atoms with Gasteiger partial charge >= 0.3 is 5.84 Å². The van der Waals surface area contributed by atoms with Crippen molar-refractivity contribution in [3.05, 3.63) is 119 Å². The van der Waals surface area contributed by atoms with Gasteiger partial charge in [0.2, 0.25) is 0 Å². The maximum Gasteiger partial charge on any atom is 0.315 e. The molecule has 0 saturated carbocycles. The number of amidine groups is 1. The third-order valence-corrected chi connectivity index (χ3v) is 8.93. The van der Waals surface area contributed by atoms with Crippen LogP contribution in [0.4, 0.5) is 0 Å². The Morgan fingerprint density at radius 2 is 1.10 bits per heavy atom. The van der Waals surface area contributed by atoms with Gasteiger partial charge in [-0.2, -0.15) is 0 Å². The Hall–Kier alpha value is -4.89. The smallest absolute Gasteiger partial charge is 0.315 e. The minimum atomic E-state index is -0.806. The van der Waals surface area contributed by atoms with E-state index >= 15 is 0 Å². The molecular formula is C38H40FeN4O5. The maximum absolute atomic E-state index is 13.3. The van der Waals surface area contributed by atoms with Crippen LogP contribution in [0.25, 0.3) is 21.5 Å². The number of benzene rings is 5. The van der Waals surface area contributed by atoms with Gasteiger partial charge in [-0.15, -0.1) is 5.06 Å². The third kappa shape index (κ3) is 6.73. The first kappa shape index (κ1) is 36.0. The molecule has 0 amide bonds. The normalized spacial score (nSPS) is 15.2. The first-order valence-electron chi connectivity index (χ1n) is 15.4. The van der Waals surface area contributed by atoms with E-state index in [4.69, 9.17) is 4.74 Å². The van der Waals surface area contributed by atoms with Crippen LogP contribution in [0.5, 0.6) is 17.2 Å². The average Bonchev–Trinajstić information content (AvgIpc) is 3.18. The molecule has 0 atom stereocenters. The fourth-order valence-electron chi connectivity index (χ4n) is 5.51. The summed E-state index contributed by atoms with van der Waals surface area (Å²) in [6.07, 6.45) is 3.26. The molecule has 9 nitrogen and oxygen atoms in total. The molecule has 5 aromatic carbocycles. The van der Waals surface area contributed by atoms with Crippen molar-refractivity contribution in [3.8, 4) is 17.2 Å². The average molecular weight is 689 g/mol. The number of hydrogen-bond acceptors (Lipinski definition) is 8. The van der Waals surface area contributed by atoms with Crippen LogP contribution >= 0.6 is 0 Å². The zero-order chi connectivity index (χ0) is 33.8. The van der Waals surface area contributed by atoms with Crippen molar-refractivity contribution in [1.82, 2.24) is 5.06 Å². The van der Waals surface area contributed by atoms with Crippen LogP contribution in [0.2, 0.25) is 0 Å². The van der Waals surface area contributed by atoms with E-state index in [9.17, 15) is 20.6 Å². The summed E-state index contributed by atoms with van der Waals surface area (Å²) in [5, 5.41) is 48.2. The second kappa shape index (κ2) is 14.9. The molecule has 0 radical (unpaired) electrons. The van der Waals surface area contributed by atoms with E-state index in [1.807, 2.05) is 88.4 Å². The van der Waals surface area contributed by atoms with Gasteiger partial charge in [0.1, 0.15) is 22.8 Å². The number of nitrogens with zero attached hydrogens (tertiary/aromatic N) is 4. The van der Waals surface area contributed by atoms with Gasteiger partial charge in [-0.25, -0.2) is 5.21 Å². The molecule has 0 spiro atoms. The second-order valence-corrected chi connectivity index (χ2v) is 12.2. The molecule has 1 aliphatic rings. The van der Waals surface area contributed by atoms with Gasteiger partial charge in [0, 0.05) is 62.2 Å². The van der Waals surface area contributed by atoms with E-state index in [0.29, 0.717) is 24.2 Å². The van der Waals surface area contributed by atoms with Crippen molar-refractivity contribution >= 4 is 39.8 Å². The summed E-state index contributed by atoms with van der Waals surface area (Å²) in [5.74, 6) is 1.46. The predicted molar refractivity (Wildman–Crippen MR) is 189 cm³/mol. The first-order valence-corrected chi connectivity index (χ1v) is 15.4. The topological polar surface area (TPSA) is 124 Å². The van der Waals surface area contributed by atoms with Gasteiger partial charge in [-0.1, -0.05) is 72.8 Å². The molecule has 0 aromatic heterocycles. The Labute approximate surface area is 291 Å². The zero-order valence-corrected chi connectivity index (χ0v) is 28.7. The quantitative estimate of drug-likeness (QED) is 0.0417. The predicted octanol–water partition coefficient (Wildman–Crippen LogP) is 7.15. The Morgan fingerprint density at radius 1 is 0.708 bits per heavy atom. The monoisotopic (exact) mass is 688 g/mol. The summed E-state index contributed by atoms with van der Waals surface area (Å²) >= 11 is 0. The Balaban J connectivity index is 0.000000222. The van der Waals surface area contributed by atoms with Gasteiger partial charge in [0.25, 0.3) is 0 Å². The van der Waals surface area contributed by atoms with Crippen LogP contribution in [0.1, 0.15) is 44.4 Å². The Bertz CT molecular complexity index is 1890. The van der Waals surface area contributed by atoms with Crippen molar-refractivity contribution in [2.45, 2.75) is 38.8 Å². The molecule has 5 aromatic rings. The minimum Gasteiger partial charge on any atom is -0.714 e. The van der Waals surface area contributed by atoms with Crippen molar-refractivity contribution < 1.29 is 42.0 Å². The molecule has 0 bridgehead atoms. The molecule has 1 aliphatic heterocycles. The molecule has 1 heterocycles. The molecule has 48 heavy (non-hydrogen) atoms. The van der Waals surface area contributed by atoms with E-state index in [1.54, 1.807) is 55.9 Å². The minimum absolute atomic E-state index is 0. The number of aromatic hydroxyl groups is 2. The van der Waals surface area contributed by atoms with E-state index in [-0.39, 0.29) is 34.4 Å². The molecule has 6 rings (SSSR count). The standard InChI is InChI=1S/C22H24N2O3.C16H16N2O2.Fe/c1-21(2)22(3,4)24(26)20(23(21)25)18-14-10-6-8-12-16(14)19(27-5)17-13-9-7-11-15(17)18;19-15-7-3-1-5-13(15)11-17-9-10-18-12-14-6-2-4-8-16(14)20;/h6-13,25H,1-5H3;1-8,11-12,19-20H,9-10H2;. The fraction of sp³-hybridized carbons (Fsp3) is 0.237. The summed E-state index contributed by atoms with van der Waals surface area (Å²) < 4.78 is 6.66. The van der Waals surface area contributed by atoms with Crippen LogP contribution in [0, 0.1) is 5.21 Å². The third-order valence-electron chi connectivity index (χ3n) is 8.93. The number of para-hydroxylation sites is 2. The second-order valence-electron chi connectivity index (χ2n) is 12.2. The Morgan fingerprint density at radius 3 is 1.48 bits per heavy atom. The molecule has 0 unspecified atom stereocenters. The number of phenols is 2. The number of phenolic OH excluding ortho intramolecular Hbond substituents is 2. The number of hydroxylamine groups is 3. The van der Waals surface area contributed by atoms with E-state index in [2.05, 4.69) is 9.98 Å². The maximum atomic E-state index is 13.3. The molecule has 0 aliphatic carbocycles. The van der Waals surface area contributed by atoms with Crippen LogP contribution in [0.3, 0.4) is 0 Å². The summed E-state index contributed by atoms with van der Waals surface area (Å²) in [4.78, 5) is 8.39. The van der Waals surface area contributed by atoms with E-state index < -0.39 is 11.1 Å². The molecule has 250 valence electrons. The summed E-state index contributed by atoms with van der Waals surface area (Å²) in [6, 6.07) is 29.7. The van der Waals surface area contributed by atoms with Gasteiger partial charge < -0.3 is 20.2 Å². The number of rotatable bonds is 7. The van der Waals surface area contributed by atoms with Crippen molar-refractivity contribution in [2.75, 3.05) is 20.2 Å². The SMILES string of the molecule is COc1c2ccccc2c(C2=[N+]([O-])C(C)(C)C(C)(C)N2O)c2ccccc12.Oc1ccccc1C=NCCN=Cc1ccccc1O.[Fe]. The first-order chi connectivity index (χ1) is 22.5. The van der Waals surface area contributed by atoms with Crippen molar-refractivity contribution in [3.63, 3.8) is 0 Å². The van der Waals surface area contributed by atoms with Gasteiger partial charge in [0.05, 0.1) is 25.8 Å². The number of hydrogen-bond donors (Lipinski definition) is 3. The van der Waals surface area contributed by atoms with Gasteiger partial charge in [-0.05, 0) is 52.0 Å². The van der Waals surface area contributed by atoms with E-state index in [0.717, 1.165) is 42.7 Å². The number of fused-ring (bicyclic) bond motifs is 2. The van der Waals surface area contributed by atoms with Gasteiger partial charge in [-0.3, -0.25) is 14.7 Å². The summed E-state index contributed by atoms with van der Waals surface area (Å²) in [5.41, 5.74) is 0.540. The number of aliphatic imine (C=N–C) groups is 2. The van der Waals surface area contributed by atoms with Crippen LogP contribution < -0.4 is 4.74 Å². The van der Waals surface area contributed by atoms with E-state index in [1.165, 1.54) is 0 Å². The van der Waals surface area contributed by atoms with Crippen LogP contribution in [-0.4, -0.2) is 74.8 Å². The van der Waals surface area contributed by atoms with Crippen LogP contribution in [0.15, 0.2) is 107 Å². The zero-order valence-electron chi connectivity index (χ0n) is 27.6. The summed E-state index contributed by atoms with van der Waals surface area (Å²) in [7, 11) is 1.65. The largest absolute Gasteiger partial charge is 0.714 e. The van der Waals surface area contributed by atoms with Crippen molar-refractivity contribution in [1.29, 1.82) is 0 Å². The molecule has 3 N–H and O–H groups in total. The number of ether oxygens (including phenoxy) is 1. The molecule has 0 fully saturated rings.